The van der Waals surface area contributed by atoms with Crippen LogP contribution in [0.2, 0.25) is 0 Å². The molecule has 0 radical (unpaired) electrons. The zero-order valence-corrected chi connectivity index (χ0v) is 17.9. The van der Waals surface area contributed by atoms with Crippen LogP contribution in [0.3, 0.4) is 0 Å². The molecule has 0 aliphatic rings. The highest BCUT2D eigenvalue weighted by atomic mass is 19.4. The van der Waals surface area contributed by atoms with Gasteiger partial charge >= 0.3 is 12.2 Å². The number of carbonyl (C=O) groups is 1. The predicted octanol–water partition coefficient (Wildman–Crippen LogP) is 5.60. The third kappa shape index (κ3) is 4.61. The lowest BCUT2D eigenvalue weighted by atomic mass is 10.1. The molecule has 4 aromatic rings. The van der Waals surface area contributed by atoms with E-state index in [1.807, 2.05) is 23.9 Å². The Morgan fingerprint density at radius 1 is 1.12 bits per heavy atom. The van der Waals surface area contributed by atoms with E-state index in [0.29, 0.717) is 28.9 Å². The number of aromatic nitrogens is 3. The number of hydrogen-bond acceptors (Lipinski definition) is 5. The highest BCUT2D eigenvalue weighted by Gasteiger charge is 2.34. The number of aryl methyl sites for hydroxylation is 2. The van der Waals surface area contributed by atoms with Gasteiger partial charge in [0.15, 0.2) is 0 Å². The number of fused-ring (bicyclic) bond motifs is 1. The van der Waals surface area contributed by atoms with Crippen molar-refractivity contribution in [1.29, 1.82) is 5.26 Å². The van der Waals surface area contributed by atoms with Gasteiger partial charge in [-0.3, -0.25) is 0 Å². The highest BCUT2D eigenvalue weighted by Crippen LogP contribution is 2.34. The van der Waals surface area contributed by atoms with Crippen LogP contribution >= 0.6 is 0 Å². The molecular weight excluding hydrogens is 449 g/mol. The van der Waals surface area contributed by atoms with E-state index in [1.54, 1.807) is 25.1 Å². The van der Waals surface area contributed by atoms with Crippen LogP contribution in [0, 0.1) is 18.3 Å². The van der Waals surface area contributed by atoms with Crippen LogP contribution in [0.4, 0.5) is 29.3 Å². The summed E-state index contributed by atoms with van der Waals surface area (Å²) in [5.74, 6) is 0.850. The molecule has 0 saturated heterocycles. The first-order valence-electron chi connectivity index (χ1n) is 9.89. The average Bonchev–Trinajstić information content (AvgIpc) is 3.17. The van der Waals surface area contributed by atoms with E-state index in [4.69, 9.17) is 10.00 Å². The number of ether oxygens (including phenoxy) is 1. The van der Waals surface area contributed by atoms with E-state index in [9.17, 15) is 18.0 Å². The molecule has 0 bridgehead atoms. The predicted molar refractivity (Wildman–Crippen MR) is 119 cm³/mol. The molecule has 0 aliphatic carbocycles. The number of halogens is 3. The van der Waals surface area contributed by atoms with E-state index < -0.39 is 23.3 Å². The molecule has 2 heterocycles. The van der Waals surface area contributed by atoms with E-state index in [2.05, 4.69) is 20.6 Å². The monoisotopic (exact) mass is 466 g/mol. The molecule has 0 aliphatic heterocycles. The van der Waals surface area contributed by atoms with Crippen LogP contribution in [0.5, 0.6) is 11.6 Å². The van der Waals surface area contributed by atoms with E-state index in [1.165, 1.54) is 18.5 Å². The van der Waals surface area contributed by atoms with E-state index >= 15 is 0 Å². The first-order valence-corrected chi connectivity index (χ1v) is 9.89. The third-order valence-corrected chi connectivity index (χ3v) is 4.99. The summed E-state index contributed by atoms with van der Waals surface area (Å²) in [5.41, 5.74) is 0.792. The second-order valence-electron chi connectivity index (χ2n) is 7.37. The molecule has 2 amide bonds. The fraction of sp³-hybridized carbons (Fsp3) is 0.130. The maximum atomic E-state index is 13.1. The number of amides is 2. The second kappa shape index (κ2) is 8.74. The van der Waals surface area contributed by atoms with E-state index in [-0.39, 0.29) is 5.69 Å². The quantitative estimate of drug-likeness (QED) is 0.407. The lowest BCUT2D eigenvalue weighted by molar-refractivity contribution is -0.137. The summed E-state index contributed by atoms with van der Waals surface area (Å²) in [5, 5.41) is 13.8. The molecule has 2 N–H and O–H groups in total. The molecular formula is C23H17F3N6O2. The molecule has 11 heteroatoms. The molecule has 0 unspecified atom stereocenters. The number of rotatable bonds is 4. The van der Waals surface area contributed by atoms with Crippen molar-refractivity contribution in [1.82, 2.24) is 14.5 Å². The summed E-state index contributed by atoms with van der Waals surface area (Å²) in [6.45, 7) is 1.74. The molecule has 0 fully saturated rings. The Morgan fingerprint density at radius 2 is 1.91 bits per heavy atom. The number of urea groups is 1. The van der Waals surface area contributed by atoms with Crippen LogP contribution in [0.1, 0.15) is 16.7 Å². The van der Waals surface area contributed by atoms with Gasteiger partial charge in [0.05, 0.1) is 22.7 Å². The van der Waals surface area contributed by atoms with Crippen molar-refractivity contribution in [2.75, 3.05) is 10.6 Å². The Balaban J connectivity index is 1.48. The zero-order valence-electron chi connectivity index (χ0n) is 17.9. The van der Waals surface area contributed by atoms with Crippen LogP contribution in [-0.4, -0.2) is 20.6 Å². The maximum absolute atomic E-state index is 13.1. The summed E-state index contributed by atoms with van der Waals surface area (Å²) in [6.07, 6.45) is -1.48. The number of benzene rings is 2. The Morgan fingerprint density at radius 3 is 2.62 bits per heavy atom. The van der Waals surface area contributed by atoms with Crippen molar-refractivity contribution in [3.8, 4) is 17.7 Å². The van der Waals surface area contributed by atoms with Gasteiger partial charge in [0.2, 0.25) is 5.88 Å². The Kier molecular flexibility index (Phi) is 5.81. The normalized spacial score (nSPS) is 11.2. The van der Waals surface area contributed by atoms with Crippen molar-refractivity contribution in [3.05, 3.63) is 71.7 Å². The van der Waals surface area contributed by atoms with Crippen molar-refractivity contribution in [3.63, 3.8) is 0 Å². The molecule has 0 atom stereocenters. The number of carbonyl (C=O) groups excluding carboxylic acids is 1. The summed E-state index contributed by atoms with van der Waals surface area (Å²) in [7, 11) is 1.85. The minimum atomic E-state index is -4.72. The molecule has 0 spiro atoms. The smallest absolute Gasteiger partial charge is 0.417 e. The second-order valence-corrected chi connectivity index (χ2v) is 7.37. The standard InChI is InChI=1S/C23H17F3N6O2/c1-13-9-16(34-21-20-19(28-12-29-21)7-8-32(20)2)5-6-18(13)31-22(33)30-15-4-3-14(11-27)17(10-15)23(24,25)26/h3-10,12H,1-2H3,(H2,30,31,33). The number of anilines is 2. The molecule has 172 valence electrons. The fourth-order valence-corrected chi connectivity index (χ4v) is 3.35. The van der Waals surface area contributed by atoms with Crippen molar-refractivity contribution in [2.45, 2.75) is 13.1 Å². The van der Waals surface area contributed by atoms with Gasteiger partial charge in [0, 0.05) is 24.6 Å². The fourth-order valence-electron chi connectivity index (χ4n) is 3.35. The molecule has 2 aromatic carbocycles. The molecule has 4 rings (SSSR count). The SMILES string of the molecule is Cc1cc(Oc2ncnc3ccn(C)c23)ccc1NC(=O)Nc1ccc(C#N)c(C(F)(F)F)c1. The highest BCUT2D eigenvalue weighted by molar-refractivity contribution is 6.00. The van der Waals surface area contributed by atoms with Crippen LogP contribution in [0.25, 0.3) is 11.0 Å². The van der Waals surface area contributed by atoms with Gasteiger partial charge in [0.1, 0.15) is 17.6 Å². The van der Waals surface area contributed by atoms with Gasteiger partial charge in [-0.05, 0) is 55.0 Å². The van der Waals surface area contributed by atoms with Crippen molar-refractivity contribution >= 4 is 28.4 Å². The Hall–Kier alpha value is -4.59. The summed E-state index contributed by atoms with van der Waals surface area (Å²) in [4.78, 5) is 20.7. The molecule has 34 heavy (non-hydrogen) atoms. The maximum Gasteiger partial charge on any atom is 0.417 e. The van der Waals surface area contributed by atoms with Crippen molar-refractivity contribution in [2.24, 2.45) is 7.05 Å². The number of nitrogens with one attached hydrogen (secondary N) is 2. The Labute approximate surface area is 191 Å². The first kappa shape index (κ1) is 22.6. The van der Waals surface area contributed by atoms with Crippen molar-refractivity contribution < 1.29 is 22.7 Å². The van der Waals surface area contributed by atoms with Gasteiger partial charge in [-0.2, -0.15) is 23.4 Å². The summed E-state index contributed by atoms with van der Waals surface area (Å²) >= 11 is 0. The zero-order chi connectivity index (χ0) is 24.5. The molecule has 0 saturated carbocycles. The molecule has 2 aromatic heterocycles. The number of nitrogens with zero attached hydrogens (tertiary/aromatic N) is 4. The van der Waals surface area contributed by atoms with Crippen LogP contribution < -0.4 is 15.4 Å². The summed E-state index contributed by atoms with van der Waals surface area (Å²) in [6, 6.07) is 10.5. The number of hydrogen-bond donors (Lipinski definition) is 2. The lowest BCUT2D eigenvalue weighted by Crippen LogP contribution is -2.20. The minimum Gasteiger partial charge on any atom is -0.437 e. The van der Waals surface area contributed by atoms with E-state index in [0.717, 1.165) is 17.1 Å². The topological polar surface area (TPSA) is 105 Å². The third-order valence-electron chi connectivity index (χ3n) is 4.99. The number of nitriles is 1. The van der Waals surface area contributed by atoms with Gasteiger partial charge in [-0.15, -0.1) is 0 Å². The largest absolute Gasteiger partial charge is 0.437 e. The van der Waals surface area contributed by atoms with Gasteiger partial charge in [-0.25, -0.2) is 9.78 Å². The minimum absolute atomic E-state index is 0.100. The van der Waals surface area contributed by atoms with Gasteiger partial charge in [-0.1, -0.05) is 0 Å². The lowest BCUT2D eigenvalue weighted by Gasteiger charge is -2.14. The number of alkyl halides is 3. The van der Waals surface area contributed by atoms with Gasteiger partial charge < -0.3 is 19.9 Å². The first-order chi connectivity index (χ1) is 16.2. The summed E-state index contributed by atoms with van der Waals surface area (Å²) < 4.78 is 47.1. The molecule has 8 nitrogen and oxygen atoms in total. The van der Waals surface area contributed by atoms with Crippen LogP contribution in [0.15, 0.2) is 55.0 Å². The average molecular weight is 466 g/mol. The van der Waals surface area contributed by atoms with Crippen LogP contribution in [-0.2, 0) is 13.2 Å². The Bertz CT molecular complexity index is 1440. The van der Waals surface area contributed by atoms with Gasteiger partial charge in [0.25, 0.3) is 0 Å².